The molecule has 0 aliphatic carbocycles. The van der Waals surface area contributed by atoms with Gasteiger partial charge in [0.05, 0.1) is 19.8 Å². The lowest BCUT2D eigenvalue weighted by Gasteiger charge is -2.31. The summed E-state index contributed by atoms with van der Waals surface area (Å²) in [4.78, 5) is 2.35. The van der Waals surface area contributed by atoms with Crippen LogP contribution in [0.2, 0.25) is 0 Å². The minimum Gasteiger partial charge on any atom is -0.490 e. The number of hydrogen-bond acceptors (Lipinski definition) is 5. The van der Waals surface area contributed by atoms with E-state index in [1.807, 2.05) is 12.1 Å². The van der Waals surface area contributed by atoms with E-state index in [-0.39, 0.29) is 6.61 Å². The van der Waals surface area contributed by atoms with Crippen LogP contribution in [0.3, 0.4) is 0 Å². The van der Waals surface area contributed by atoms with Crippen molar-refractivity contribution in [1.29, 1.82) is 0 Å². The third kappa shape index (κ3) is 4.59. The van der Waals surface area contributed by atoms with Crippen LogP contribution in [-0.4, -0.2) is 56.0 Å². The van der Waals surface area contributed by atoms with Gasteiger partial charge in [-0.25, -0.2) is 0 Å². The molecule has 0 atom stereocenters. The SMILES string of the molecule is OCCN1CCC(CNCc2cccc3c2OCCCO3)CC1. The molecule has 3 rings (SSSR count). The monoisotopic (exact) mass is 320 g/mol. The average Bonchev–Trinajstić information content (AvgIpc) is 2.83. The Morgan fingerprint density at radius 3 is 2.83 bits per heavy atom. The molecular weight excluding hydrogens is 292 g/mol. The minimum absolute atomic E-state index is 0.268. The molecule has 1 saturated heterocycles. The molecule has 0 spiro atoms. The molecule has 1 fully saturated rings. The minimum atomic E-state index is 0.268. The second kappa shape index (κ2) is 8.52. The Balaban J connectivity index is 1.46. The molecule has 5 nitrogen and oxygen atoms in total. The quantitative estimate of drug-likeness (QED) is 0.835. The Morgan fingerprint density at radius 2 is 2.00 bits per heavy atom. The van der Waals surface area contributed by atoms with E-state index in [2.05, 4.69) is 16.3 Å². The number of nitrogens with zero attached hydrogens (tertiary/aromatic N) is 1. The Hall–Kier alpha value is -1.30. The number of nitrogens with one attached hydrogen (secondary N) is 1. The Kier molecular flexibility index (Phi) is 6.13. The largest absolute Gasteiger partial charge is 0.490 e. The number of fused-ring (bicyclic) bond motifs is 1. The summed E-state index contributed by atoms with van der Waals surface area (Å²) in [7, 11) is 0. The molecule has 2 heterocycles. The molecule has 5 heteroatoms. The van der Waals surface area contributed by atoms with Crippen molar-refractivity contribution < 1.29 is 14.6 Å². The second-order valence-corrected chi connectivity index (χ2v) is 6.43. The van der Waals surface area contributed by atoms with Gasteiger partial charge in [-0.05, 0) is 44.5 Å². The normalized spacial score (nSPS) is 19.5. The van der Waals surface area contributed by atoms with E-state index in [1.165, 1.54) is 18.4 Å². The number of rotatable bonds is 6. The molecule has 0 radical (unpaired) electrons. The van der Waals surface area contributed by atoms with Crippen molar-refractivity contribution in [3.05, 3.63) is 23.8 Å². The zero-order valence-electron chi connectivity index (χ0n) is 13.8. The van der Waals surface area contributed by atoms with Crippen molar-refractivity contribution in [2.24, 2.45) is 5.92 Å². The third-order valence-corrected chi connectivity index (χ3v) is 4.72. The molecule has 0 saturated carbocycles. The first-order valence-corrected chi connectivity index (χ1v) is 8.78. The summed E-state index contributed by atoms with van der Waals surface area (Å²) in [5.74, 6) is 2.51. The van der Waals surface area contributed by atoms with Crippen LogP contribution in [0.15, 0.2) is 18.2 Å². The molecule has 2 aliphatic heterocycles. The number of benzene rings is 1. The smallest absolute Gasteiger partial charge is 0.165 e. The van der Waals surface area contributed by atoms with Crippen molar-refractivity contribution in [2.75, 3.05) is 46.0 Å². The van der Waals surface area contributed by atoms with Crippen molar-refractivity contribution in [2.45, 2.75) is 25.8 Å². The van der Waals surface area contributed by atoms with Crippen LogP contribution in [0.5, 0.6) is 11.5 Å². The van der Waals surface area contributed by atoms with E-state index in [1.54, 1.807) is 0 Å². The Bertz CT molecular complexity index is 487. The average molecular weight is 320 g/mol. The maximum absolute atomic E-state index is 8.99. The van der Waals surface area contributed by atoms with Crippen molar-refractivity contribution in [3.63, 3.8) is 0 Å². The third-order valence-electron chi connectivity index (χ3n) is 4.72. The zero-order chi connectivity index (χ0) is 15.9. The van der Waals surface area contributed by atoms with Gasteiger partial charge in [0.1, 0.15) is 0 Å². The van der Waals surface area contributed by atoms with Gasteiger partial charge in [0, 0.05) is 25.1 Å². The highest BCUT2D eigenvalue weighted by Crippen LogP contribution is 2.33. The predicted molar refractivity (Wildman–Crippen MR) is 90.0 cm³/mol. The van der Waals surface area contributed by atoms with Gasteiger partial charge in [-0.3, -0.25) is 0 Å². The van der Waals surface area contributed by atoms with Gasteiger partial charge in [0.25, 0.3) is 0 Å². The summed E-state index contributed by atoms with van der Waals surface area (Å²) in [6.45, 7) is 6.61. The first kappa shape index (κ1) is 16.6. The maximum atomic E-state index is 8.99. The number of piperidine rings is 1. The summed E-state index contributed by atoms with van der Waals surface area (Å²) in [5.41, 5.74) is 1.18. The van der Waals surface area contributed by atoms with E-state index < -0.39 is 0 Å². The van der Waals surface area contributed by atoms with Gasteiger partial charge in [-0.15, -0.1) is 0 Å². The van der Waals surface area contributed by atoms with E-state index in [0.29, 0.717) is 0 Å². The van der Waals surface area contributed by atoms with Crippen molar-refractivity contribution in [1.82, 2.24) is 10.2 Å². The van der Waals surface area contributed by atoms with E-state index in [0.717, 1.165) is 69.8 Å². The molecule has 0 unspecified atom stereocenters. The standard InChI is InChI=1S/C18H28N2O3/c21-10-9-20-7-5-15(6-8-20)13-19-14-16-3-1-4-17-18(16)23-12-2-11-22-17/h1,3-4,15,19,21H,2,5-14H2. The first-order valence-electron chi connectivity index (χ1n) is 8.78. The molecule has 0 aromatic heterocycles. The summed E-state index contributed by atoms with van der Waals surface area (Å²) in [5, 5.41) is 12.6. The van der Waals surface area contributed by atoms with E-state index in [9.17, 15) is 0 Å². The predicted octanol–water partition coefficient (Wildman–Crippen LogP) is 1.64. The van der Waals surface area contributed by atoms with Crippen LogP contribution in [0.4, 0.5) is 0 Å². The van der Waals surface area contributed by atoms with Gasteiger partial charge < -0.3 is 24.8 Å². The highest BCUT2D eigenvalue weighted by Gasteiger charge is 2.19. The fourth-order valence-electron chi connectivity index (χ4n) is 3.36. The highest BCUT2D eigenvalue weighted by atomic mass is 16.5. The molecule has 128 valence electrons. The Morgan fingerprint density at radius 1 is 1.17 bits per heavy atom. The van der Waals surface area contributed by atoms with Gasteiger partial charge >= 0.3 is 0 Å². The lowest BCUT2D eigenvalue weighted by atomic mass is 9.96. The molecule has 1 aromatic rings. The molecule has 2 aliphatic rings. The van der Waals surface area contributed by atoms with E-state index in [4.69, 9.17) is 14.6 Å². The van der Waals surface area contributed by atoms with Gasteiger partial charge in [0.2, 0.25) is 0 Å². The van der Waals surface area contributed by atoms with Crippen LogP contribution >= 0.6 is 0 Å². The molecule has 0 amide bonds. The lowest BCUT2D eigenvalue weighted by Crippen LogP contribution is -2.38. The van der Waals surface area contributed by atoms with E-state index >= 15 is 0 Å². The zero-order valence-corrected chi connectivity index (χ0v) is 13.8. The topological polar surface area (TPSA) is 54.0 Å². The first-order chi connectivity index (χ1) is 11.4. The van der Waals surface area contributed by atoms with Gasteiger partial charge in [-0.1, -0.05) is 12.1 Å². The van der Waals surface area contributed by atoms with Crippen LogP contribution in [-0.2, 0) is 6.54 Å². The van der Waals surface area contributed by atoms with Crippen LogP contribution < -0.4 is 14.8 Å². The van der Waals surface area contributed by atoms with Crippen molar-refractivity contribution >= 4 is 0 Å². The molecule has 0 bridgehead atoms. The van der Waals surface area contributed by atoms with Crippen LogP contribution in [0, 0.1) is 5.92 Å². The lowest BCUT2D eigenvalue weighted by molar-refractivity contribution is 0.146. The summed E-state index contributed by atoms with van der Waals surface area (Å²) < 4.78 is 11.6. The second-order valence-electron chi connectivity index (χ2n) is 6.43. The molecule has 1 aromatic carbocycles. The number of β-amino-alcohol motifs (C(OH)–C–C–N with tert-alkyl or cyclic N) is 1. The summed E-state index contributed by atoms with van der Waals surface area (Å²) in [6.07, 6.45) is 3.35. The number of aliphatic hydroxyl groups is 1. The maximum Gasteiger partial charge on any atom is 0.165 e. The Labute approximate surface area is 138 Å². The fourth-order valence-corrected chi connectivity index (χ4v) is 3.36. The summed E-state index contributed by atoms with van der Waals surface area (Å²) in [6, 6.07) is 6.14. The number of para-hydroxylation sites is 1. The number of likely N-dealkylation sites (tertiary alicyclic amines) is 1. The number of aliphatic hydroxyl groups excluding tert-OH is 1. The highest BCUT2D eigenvalue weighted by molar-refractivity contribution is 5.47. The van der Waals surface area contributed by atoms with Crippen LogP contribution in [0.25, 0.3) is 0 Å². The number of hydrogen-bond donors (Lipinski definition) is 2. The van der Waals surface area contributed by atoms with Gasteiger partial charge in [-0.2, -0.15) is 0 Å². The van der Waals surface area contributed by atoms with Gasteiger partial charge in [0.15, 0.2) is 11.5 Å². The summed E-state index contributed by atoms with van der Waals surface area (Å²) >= 11 is 0. The molecular formula is C18H28N2O3. The van der Waals surface area contributed by atoms with Crippen LogP contribution in [0.1, 0.15) is 24.8 Å². The molecule has 23 heavy (non-hydrogen) atoms. The number of ether oxygens (including phenoxy) is 2. The fraction of sp³-hybridized carbons (Fsp3) is 0.667. The molecule has 2 N–H and O–H groups in total. The van der Waals surface area contributed by atoms with Crippen molar-refractivity contribution in [3.8, 4) is 11.5 Å².